The Kier molecular flexibility index (Phi) is 8.15. The zero-order valence-corrected chi connectivity index (χ0v) is 16.6. The Labute approximate surface area is 167 Å². The number of ether oxygens (including phenoxy) is 2. The predicted octanol–water partition coefficient (Wildman–Crippen LogP) is 2.26. The monoisotopic (exact) mass is 382 g/mol. The zero-order valence-electron chi connectivity index (χ0n) is 16.6. The lowest BCUT2D eigenvalue weighted by Gasteiger charge is -2.27. The van der Waals surface area contributed by atoms with Crippen LogP contribution in [0, 0.1) is 0 Å². The highest BCUT2D eigenvalue weighted by atomic mass is 16.5. The van der Waals surface area contributed by atoms with Crippen molar-refractivity contribution in [3.05, 3.63) is 65.7 Å². The highest BCUT2D eigenvalue weighted by molar-refractivity contribution is 5.79. The number of nitrogens with zero attached hydrogens (tertiary/aromatic N) is 2. The number of rotatable bonds is 8. The molecule has 0 aromatic heterocycles. The molecule has 3 rings (SSSR count). The largest absolute Gasteiger partial charge is 0.492 e. The van der Waals surface area contributed by atoms with E-state index >= 15 is 0 Å². The van der Waals surface area contributed by atoms with Crippen molar-refractivity contribution in [2.45, 2.75) is 13.1 Å². The number of nitrogens with one attached hydrogen (secondary N) is 2. The number of para-hydroxylation sites is 1. The normalized spacial score (nSPS) is 15.2. The van der Waals surface area contributed by atoms with Gasteiger partial charge in [-0.25, -0.2) is 0 Å². The maximum Gasteiger partial charge on any atom is 0.191 e. The standard InChI is InChI=1S/C22H30N4O2/c1-23-22(24-11-14-28-21-9-3-2-4-10-21)25-17-19-7-5-6-8-20(19)18-26-12-15-27-16-13-26/h2-10H,11-18H2,1H3,(H2,23,24,25). The second-order valence-electron chi connectivity index (χ2n) is 6.67. The van der Waals surface area contributed by atoms with Crippen LogP contribution in [0.1, 0.15) is 11.1 Å². The molecule has 0 spiro atoms. The van der Waals surface area contributed by atoms with E-state index in [1.807, 2.05) is 30.3 Å². The van der Waals surface area contributed by atoms with E-state index in [4.69, 9.17) is 9.47 Å². The summed E-state index contributed by atoms with van der Waals surface area (Å²) in [6.07, 6.45) is 0. The minimum absolute atomic E-state index is 0.582. The Bertz CT molecular complexity index is 730. The maximum atomic E-state index is 5.71. The van der Waals surface area contributed by atoms with Crippen LogP contribution < -0.4 is 15.4 Å². The first kappa shape index (κ1) is 20.2. The average Bonchev–Trinajstić information content (AvgIpc) is 2.76. The lowest BCUT2D eigenvalue weighted by atomic mass is 10.1. The van der Waals surface area contributed by atoms with Crippen LogP contribution in [0.4, 0.5) is 0 Å². The molecular weight excluding hydrogens is 352 g/mol. The molecule has 1 aliphatic heterocycles. The second-order valence-corrected chi connectivity index (χ2v) is 6.67. The summed E-state index contributed by atoms with van der Waals surface area (Å²) >= 11 is 0. The van der Waals surface area contributed by atoms with Crippen molar-refractivity contribution in [1.82, 2.24) is 15.5 Å². The molecule has 0 aliphatic carbocycles. The molecule has 0 unspecified atom stereocenters. The Balaban J connectivity index is 1.44. The molecule has 1 saturated heterocycles. The lowest BCUT2D eigenvalue weighted by Crippen LogP contribution is -2.39. The molecule has 2 aromatic rings. The van der Waals surface area contributed by atoms with Gasteiger partial charge in [-0.3, -0.25) is 9.89 Å². The van der Waals surface area contributed by atoms with Gasteiger partial charge in [-0.2, -0.15) is 0 Å². The van der Waals surface area contributed by atoms with Gasteiger partial charge < -0.3 is 20.1 Å². The summed E-state index contributed by atoms with van der Waals surface area (Å²) in [7, 11) is 1.78. The molecule has 0 saturated carbocycles. The topological polar surface area (TPSA) is 58.1 Å². The molecule has 6 heteroatoms. The molecule has 0 amide bonds. The van der Waals surface area contributed by atoms with Crippen molar-refractivity contribution in [2.24, 2.45) is 4.99 Å². The van der Waals surface area contributed by atoms with Crippen molar-refractivity contribution in [1.29, 1.82) is 0 Å². The van der Waals surface area contributed by atoms with Gasteiger partial charge in [-0.1, -0.05) is 42.5 Å². The third-order valence-corrected chi connectivity index (χ3v) is 4.69. The van der Waals surface area contributed by atoms with Gasteiger partial charge in [0.15, 0.2) is 5.96 Å². The molecule has 2 N–H and O–H groups in total. The van der Waals surface area contributed by atoms with E-state index in [2.05, 4.69) is 44.8 Å². The van der Waals surface area contributed by atoms with Crippen molar-refractivity contribution in [3.63, 3.8) is 0 Å². The Morgan fingerprint density at radius 3 is 2.46 bits per heavy atom. The smallest absolute Gasteiger partial charge is 0.191 e. The second kappa shape index (κ2) is 11.3. The minimum Gasteiger partial charge on any atom is -0.492 e. The van der Waals surface area contributed by atoms with Crippen LogP contribution in [0.5, 0.6) is 5.75 Å². The number of aliphatic imine (C=N–C) groups is 1. The number of guanidine groups is 1. The van der Waals surface area contributed by atoms with Gasteiger partial charge in [0.25, 0.3) is 0 Å². The van der Waals surface area contributed by atoms with E-state index < -0.39 is 0 Å². The Morgan fingerprint density at radius 2 is 1.71 bits per heavy atom. The van der Waals surface area contributed by atoms with Crippen LogP contribution in [-0.4, -0.2) is 57.4 Å². The molecule has 0 bridgehead atoms. The fourth-order valence-corrected chi connectivity index (χ4v) is 3.14. The van der Waals surface area contributed by atoms with Crippen LogP contribution in [-0.2, 0) is 17.8 Å². The van der Waals surface area contributed by atoms with E-state index in [1.165, 1.54) is 11.1 Å². The minimum atomic E-state index is 0.582. The summed E-state index contributed by atoms with van der Waals surface area (Å²) in [5.74, 6) is 1.65. The van der Waals surface area contributed by atoms with Crippen LogP contribution in [0.15, 0.2) is 59.6 Å². The number of hydrogen-bond acceptors (Lipinski definition) is 4. The molecule has 1 fully saturated rings. The van der Waals surface area contributed by atoms with Crippen LogP contribution in [0.2, 0.25) is 0 Å². The third-order valence-electron chi connectivity index (χ3n) is 4.69. The fraction of sp³-hybridized carbons (Fsp3) is 0.409. The van der Waals surface area contributed by atoms with Crippen LogP contribution in [0.25, 0.3) is 0 Å². The molecule has 1 aliphatic rings. The molecular formula is C22H30N4O2. The van der Waals surface area contributed by atoms with Crippen LogP contribution >= 0.6 is 0 Å². The van der Waals surface area contributed by atoms with Gasteiger partial charge in [-0.05, 0) is 23.3 Å². The van der Waals surface area contributed by atoms with Gasteiger partial charge >= 0.3 is 0 Å². The summed E-state index contributed by atoms with van der Waals surface area (Å²) in [6.45, 7) is 6.59. The summed E-state index contributed by atoms with van der Waals surface area (Å²) in [5, 5.41) is 6.70. The number of benzene rings is 2. The van der Waals surface area contributed by atoms with Gasteiger partial charge in [0, 0.05) is 33.2 Å². The summed E-state index contributed by atoms with van der Waals surface area (Å²) in [5.41, 5.74) is 2.64. The van der Waals surface area contributed by atoms with E-state index in [1.54, 1.807) is 7.05 Å². The van der Waals surface area contributed by atoms with Gasteiger partial charge in [-0.15, -0.1) is 0 Å². The Hall–Kier alpha value is -2.57. The molecule has 2 aromatic carbocycles. The maximum absolute atomic E-state index is 5.71. The highest BCUT2D eigenvalue weighted by Crippen LogP contribution is 2.13. The lowest BCUT2D eigenvalue weighted by molar-refractivity contribution is 0.0341. The highest BCUT2D eigenvalue weighted by Gasteiger charge is 2.12. The number of hydrogen-bond donors (Lipinski definition) is 2. The third kappa shape index (κ3) is 6.55. The molecule has 1 heterocycles. The van der Waals surface area contributed by atoms with E-state index in [9.17, 15) is 0 Å². The SMILES string of the molecule is CN=C(NCCOc1ccccc1)NCc1ccccc1CN1CCOCC1. The quantitative estimate of drug-likeness (QED) is 0.417. The van der Waals surface area contributed by atoms with Crippen molar-refractivity contribution >= 4 is 5.96 Å². The average molecular weight is 383 g/mol. The first-order valence-corrected chi connectivity index (χ1v) is 9.84. The van der Waals surface area contributed by atoms with E-state index in [0.717, 1.165) is 51.1 Å². The van der Waals surface area contributed by atoms with Gasteiger partial charge in [0.05, 0.1) is 19.8 Å². The molecule has 0 atom stereocenters. The molecule has 150 valence electrons. The van der Waals surface area contributed by atoms with Crippen molar-refractivity contribution < 1.29 is 9.47 Å². The summed E-state index contributed by atoms with van der Waals surface area (Å²) in [6, 6.07) is 18.4. The first-order valence-electron chi connectivity index (χ1n) is 9.84. The zero-order chi connectivity index (χ0) is 19.4. The van der Waals surface area contributed by atoms with E-state index in [0.29, 0.717) is 13.2 Å². The van der Waals surface area contributed by atoms with Crippen molar-refractivity contribution in [3.8, 4) is 5.75 Å². The Morgan fingerprint density at radius 1 is 1.00 bits per heavy atom. The summed E-state index contributed by atoms with van der Waals surface area (Å²) in [4.78, 5) is 6.75. The van der Waals surface area contributed by atoms with Crippen LogP contribution in [0.3, 0.4) is 0 Å². The fourth-order valence-electron chi connectivity index (χ4n) is 3.14. The van der Waals surface area contributed by atoms with Gasteiger partial charge in [0.1, 0.15) is 12.4 Å². The molecule has 28 heavy (non-hydrogen) atoms. The van der Waals surface area contributed by atoms with Crippen molar-refractivity contribution in [2.75, 3.05) is 46.5 Å². The molecule has 6 nitrogen and oxygen atoms in total. The van der Waals surface area contributed by atoms with E-state index in [-0.39, 0.29) is 0 Å². The summed E-state index contributed by atoms with van der Waals surface area (Å²) < 4.78 is 11.2. The predicted molar refractivity (Wildman–Crippen MR) is 113 cm³/mol. The molecule has 0 radical (unpaired) electrons. The van der Waals surface area contributed by atoms with Gasteiger partial charge in [0.2, 0.25) is 0 Å². The first-order chi connectivity index (χ1) is 13.8. The number of morpholine rings is 1.